The maximum Gasteiger partial charge on any atom is 0.0795 e. The summed E-state index contributed by atoms with van der Waals surface area (Å²) in [5.41, 5.74) is 9.42. The lowest BCUT2D eigenvalue weighted by Gasteiger charge is -2.01. The summed E-state index contributed by atoms with van der Waals surface area (Å²) in [7, 11) is 0. The number of hydrogen-bond donors (Lipinski definition) is 1. The Balaban J connectivity index is 2.02. The summed E-state index contributed by atoms with van der Waals surface area (Å²) in [6, 6.07) is 1.92. The molecule has 2 rings (SSSR count). The Labute approximate surface area is 90.4 Å². The van der Waals surface area contributed by atoms with Gasteiger partial charge in [0, 0.05) is 22.2 Å². The molecule has 0 fully saturated rings. The van der Waals surface area contributed by atoms with E-state index in [4.69, 9.17) is 5.73 Å². The fourth-order valence-electron chi connectivity index (χ4n) is 0.986. The van der Waals surface area contributed by atoms with Gasteiger partial charge in [-0.25, -0.2) is 4.98 Å². The SMILES string of the molecule is Nc1cnccc1SCc1cscn1. The summed E-state index contributed by atoms with van der Waals surface area (Å²) in [6.07, 6.45) is 3.42. The molecule has 0 unspecified atom stereocenters. The van der Waals surface area contributed by atoms with Gasteiger partial charge in [-0.15, -0.1) is 23.1 Å². The van der Waals surface area contributed by atoms with Gasteiger partial charge < -0.3 is 5.73 Å². The number of rotatable bonds is 3. The van der Waals surface area contributed by atoms with E-state index in [2.05, 4.69) is 9.97 Å². The molecule has 5 heteroatoms. The third-order valence-electron chi connectivity index (χ3n) is 1.67. The quantitative estimate of drug-likeness (QED) is 0.812. The second-order valence-electron chi connectivity index (χ2n) is 2.68. The van der Waals surface area contributed by atoms with E-state index in [1.54, 1.807) is 35.5 Å². The normalized spacial score (nSPS) is 10.3. The molecule has 0 saturated carbocycles. The minimum atomic E-state index is 0.729. The average molecular weight is 223 g/mol. The van der Waals surface area contributed by atoms with Crippen LogP contribution in [0, 0.1) is 0 Å². The van der Waals surface area contributed by atoms with Gasteiger partial charge in [0.2, 0.25) is 0 Å². The van der Waals surface area contributed by atoms with E-state index in [-0.39, 0.29) is 0 Å². The van der Waals surface area contributed by atoms with Gasteiger partial charge in [-0.2, -0.15) is 0 Å². The van der Waals surface area contributed by atoms with Crippen molar-refractivity contribution in [3.8, 4) is 0 Å². The van der Waals surface area contributed by atoms with Crippen LogP contribution in [0.15, 0.2) is 34.2 Å². The van der Waals surface area contributed by atoms with Gasteiger partial charge in [0.1, 0.15) is 0 Å². The van der Waals surface area contributed by atoms with Crippen LogP contribution in [0.25, 0.3) is 0 Å². The lowest BCUT2D eigenvalue weighted by atomic mass is 10.4. The van der Waals surface area contributed by atoms with Crippen LogP contribution in [0.5, 0.6) is 0 Å². The average Bonchev–Trinajstić information content (AvgIpc) is 2.69. The number of pyridine rings is 1. The molecule has 2 aromatic heterocycles. The highest BCUT2D eigenvalue weighted by atomic mass is 32.2. The highest BCUT2D eigenvalue weighted by molar-refractivity contribution is 7.98. The van der Waals surface area contributed by atoms with Crippen LogP contribution in [0.2, 0.25) is 0 Å². The van der Waals surface area contributed by atoms with E-state index in [9.17, 15) is 0 Å². The number of thiazole rings is 1. The van der Waals surface area contributed by atoms with Crippen molar-refractivity contribution in [3.05, 3.63) is 35.0 Å². The fraction of sp³-hybridized carbons (Fsp3) is 0.111. The number of aromatic nitrogens is 2. The fourth-order valence-corrected chi connectivity index (χ4v) is 2.49. The van der Waals surface area contributed by atoms with Gasteiger partial charge in [0.15, 0.2) is 0 Å². The zero-order chi connectivity index (χ0) is 9.80. The van der Waals surface area contributed by atoms with Crippen LogP contribution in [-0.2, 0) is 5.75 Å². The maximum atomic E-state index is 5.76. The number of thioether (sulfide) groups is 1. The highest BCUT2D eigenvalue weighted by Crippen LogP contribution is 2.26. The maximum absolute atomic E-state index is 5.76. The van der Waals surface area contributed by atoms with Gasteiger partial charge in [0.25, 0.3) is 0 Å². The van der Waals surface area contributed by atoms with Crippen molar-refractivity contribution >= 4 is 28.8 Å². The first kappa shape index (κ1) is 9.48. The molecule has 0 aliphatic rings. The lowest BCUT2D eigenvalue weighted by molar-refractivity contribution is 1.22. The minimum absolute atomic E-state index is 0.729. The van der Waals surface area contributed by atoms with Crippen LogP contribution in [0.1, 0.15) is 5.69 Å². The molecule has 14 heavy (non-hydrogen) atoms. The van der Waals surface area contributed by atoms with E-state index in [1.165, 1.54) is 0 Å². The monoisotopic (exact) mass is 223 g/mol. The molecule has 0 bridgehead atoms. The standard InChI is InChI=1S/C9H9N3S2/c10-8-3-11-2-1-9(8)14-5-7-4-13-6-12-7/h1-4,6H,5,10H2. The van der Waals surface area contributed by atoms with Gasteiger partial charge in [-0.1, -0.05) is 0 Å². The van der Waals surface area contributed by atoms with Crippen molar-refractivity contribution in [2.24, 2.45) is 0 Å². The third kappa shape index (κ3) is 2.24. The predicted molar refractivity (Wildman–Crippen MR) is 60.3 cm³/mol. The molecule has 3 nitrogen and oxygen atoms in total. The lowest BCUT2D eigenvalue weighted by Crippen LogP contribution is -1.89. The van der Waals surface area contributed by atoms with E-state index in [0.29, 0.717) is 0 Å². The number of hydrogen-bond acceptors (Lipinski definition) is 5. The second kappa shape index (κ2) is 4.43. The van der Waals surface area contributed by atoms with Gasteiger partial charge in [0.05, 0.1) is 23.1 Å². The Hall–Kier alpha value is -1.07. The third-order valence-corrected chi connectivity index (χ3v) is 3.43. The largest absolute Gasteiger partial charge is 0.397 e. The van der Waals surface area contributed by atoms with Crippen LogP contribution in [0.4, 0.5) is 5.69 Å². The van der Waals surface area contributed by atoms with Crippen LogP contribution in [-0.4, -0.2) is 9.97 Å². The molecule has 2 N–H and O–H groups in total. The van der Waals surface area contributed by atoms with Gasteiger partial charge >= 0.3 is 0 Å². The number of anilines is 1. The van der Waals surface area contributed by atoms with E-state index < -0.39 is 0 Å². The first-order chi connectivity index (χ1) is 6.86. The molecule has 0 aliphatic carbocycles. The Morgan fingerprint density at radius 1 is 1.50 bits per heavy atom. The Morgan fingerprint density at radius 3 is 3.14 bits per heavy atom. The number of nitrogens with two attached hydrogens (primary N) is 1. The molecule has 2 heterocycles. The second-order valence-corrected chi connectivity index (χ2v) is 4.42. The summed E-state index contributed by atoms with van der Waals surface area (Å²) in [5, 5.41) is 2.05. The number of nitrogen functional groups attached to an aromatic ring is 1. The Kier molecular flexibility index (Phi) is 3.00. The first-order valence-electron chi connectivity index (χ1n) is 4.05. The first-order valence-corrected chi connectivity index (χ1v) is 5.98. The zero-order valence-electron chi connectivity index (χ0n) is 7.38. The summed E-state index contributed by atoms with van der Waals surface area (Å²) in [4.78, 5) is 9.20. The van der Waals surface area contributed by atoms with Crippen LogP contribution in [0.3, 0.4) is 0 Å². The molecule has 0 aliphatic heterocycles. The van der Waals surface area contributed by atoms with Crippen molar-refractivity contribution in [3.63, 3.8) is 0 Å². The smallest absolute Gasteiger partial charge is 0.0795 e. The zero-order valence-corrected chi connectivity index (χ0v) is 9.02. The Morgan fingerprint density at radius 2 is 2.43 bits per heavy atom. The van der Waals surface area contributed by atoms with E-state index in [1.807, 2.05) is 17.0 Å². The van der Waals surface area contributed by atoms with Gasteiger partial charge in [-0.05, 0) is 6.07 Å². The summed E-state index contributed by atoms with van der Waals surface area (Å²) in [5.74, 6) is 0.859. The van der Waals surface area contributed by atoms with Crippen molar-refractivity contribution < 1.29 is 0 Å². The topological polar surface area (TPSA) is 51.8 Å². The predicted octanol–water partition coefficient (Wildman–Crippen LogP) is 2.41. The molecule has 2 aromatic rings. The molecular weight excluding hydrogens is 214 g/mol. The van der Waals surface area contributed by atoms with E-state index in [0.717, 1.165) is 22.0 Å². The molecule has 0 spiro atoms. The van der Waals surface area contributed by atoms with Crippen molar-refractivity contribution in [1.29, 1.82) is 0 Å². The molecule has 0 atom stereocenters. The molecule has 0 aromatic carbocycles. The highest BCUT2D eigenvalue weighted by Gasteiger charge is 2.00. The molecule has 72 valence electrons. The number of nitrogens with zero attached hydrogens (tertiary/aromatic N) is 2. The molecule has 0 amide bonds. The minimum Gasteiger partial charge on any atom is -0.397 e. The van der Waals surface area contributed by atoms with Gasteiger partial charge in [-0.3, -0.25) is 4.98 Å². The molecule has 0 radical (unpaired) electrons. The molecular formula is C9H9N3S2. The van der Waals surface area contributed by atoms with Crippen molar-refractivity contribution in [2.45, 2.75) is 10.6 Å². The van der Waals surface area contributed by atoms with E-state index >= 15 is 0 Å². The summed E-state index contributed by atoms with van der Waals surface area (Å²) < 4.78 is 0. The molecule has 0 saturated heterocycles. The summed E-state index contributed by atoms with van der Waals surface area (Å²) in [6.45, 7) is 0. The Bertz CT molecular complexity index is 400. The summed E-state index contributed by atoms with van der Waals surface area (Å²) >= 11 is 3.29. The van der Waals surface area contributed by atoms with Crippen LogP contribution < -0.4 is 5.73 Å². The van der Waals surface area contributed by atoms with Crippen molar-refractivity contribution in [2.75, 3.05) is 5.73 Å². The van der Waals surface area contributed by atoms with Crippen molar-refractivity contribution in [1.82, 2.24) is 9.97 Å². The van der Waals surface area contributed by atoms with Crippen LogP contribution >= 0.6 is 23.1 Å².